The summed E-state index contributed by atoms with van der Waals surface area (Å²) in [6, 6.07) is 0. The molecule has 10 heteroatoms. The molecule has 1 unspecified atom stereocenters. The van der Waals surface area contributed by atoms with E-state index in [0.717, 1.165) is 29.7 Å². The van der Waals surface area contributed by atoms with Crippen LogP contribution >= 0.6 is 0 Å². The zero-order valence-corrected chi connectivity index (χ0v) is 14.6. The highest BCUT2D eigenvalue weighted by Gasteiger charge is 2.23. The molecule has 138 valence electrons. The van der Waals surface area contributed by atoms with Crippen LogP contribution in [0.4, 0.5) is 0 Å². The van der Waals surface area contributed by atoms with Crippen molar-refractivity contribution in [2.75, 3.05) is 6.61 Å². The Bertz CT molecular complexity index is 1140. The first-order chi connectivity index (χ1) is 12.4. The predicted octanol–water partition coefficient (Wildman–Crippen LogP) is -0.878. The molecular formula is C16H20N6O4. The summed E-state index contributed by atoms with van der Waals surface area (Å²) in [5, 5.41) is 0. The average Bonchev–Trinajstić information content (AvgIpc) is 3.28. The van der Waals surface area contributed by atoms with Gasteiger partial charge in [0.1, 0.15) is 6.54 Å². The number of aryl methyl sites for hydroxylation is 2. The van der Waals surface area contributed by atoms with Gasteiger partial charge in [0, 0.05) is 25.5 Å². The molecule has 10 nitrogen and oxygen atoms in total. The van der Waals surface area contributed by atoms with E-state index in [-0.39, 0.29) is 17.3 Å². The molecule has 1 aliphatic heterocycles. The molecule has 1 amide bonds. The number of ether oxygens (including phenoxy) is 1. The number of hydrogen-bond acceptors (Lipinski definition) is 5. The highest BCUT2D eigenvalue weighted by Crippen LogP contribution is 2.20. The number of fused-ring (bicyclic) bond motifs is 3. The summed E-state index contributed by atoms with van der Waals surface area (Å²) >= 11 is 0. The summed E-state index contributed by atoms with van der Waals surface area (Å²) in [6.07, 6.45) is 3.93. The molecule has 0 bridgehead atoms. The van der Waals surface area contributed by atoms with Gasteiger partial charge in [-0.15, -0.1) is 0 Å². The van der Waals surface area contributed by atoms with Gasteiger partial charge in [-0.25, -0.2) is 9.36 Å². The van der Waals surface area contributed by atoms with E-state index in [1.807, 2.05) is 11.5 Å². The number of carbonyl (C=O) groups is 1. The minimum absolute atomic E-state index is 0.111. The fourth-order valence-electron chi connectivity index (χ4n) is 3.57. The van der Waals surface area contributed by atoms with Gasteiger partial charge in [0.2, 0.25) is 11.7 Å². The fourth-order valence-corrected chi connectivity index (χ4v) is 3.57. The van der Waals surface area contributed by atoms with E-state index in [0.29, 0.717) is 12.3 Å². The van der Waals surface area contributed by atoms with Gasteiger partial charge in [-0.2, -0.15) is 4.98 Å². The molecule has 0 aromatic carbocycles. The maximum atomic E-state index is 12.8. The van der Waals surface area contributed by atoms with Crippen LogP contribution in [-0.2, 0) is 29.7 Å². The predicted molar refractivity (Wildman–Crippen MR) is 93.1 cm³/mol. The van der Waals surface area contributed by atoms with Crippen molar-refractivity contribution in [1.82, 2.24) is 23.1 Å². The van der Waals surface area contributed by atoms with Gasteiger partial charge < -0.3 is 15.0 Å². The molecule has 3 aromatic heterocycles. The SMILES string of the molecule is Cc1cn2c3c(=O)n(CC(N)=O)c(=O)n(C)c3nc2n1CC1CCCO1. The van der Waals surface area contributed by atoms with Crippen molar-refractivity contribution in [3.63, 3.8) is 0 Å². The molecule has 0 spiro atoms. The topological polar surface area (TPSA) is 119 Å². The second-order valence-corrected chi connectivity index (χ2v) is 6.67. The molecule has 0 radical (unpaired) electrons. The van der Waals surface area contributed by atoms with Crippen molar-refractivity contribution >= 4 is 22.8 Å². The molecule has 0 saturated carbocycles. The van der Waals surface area contributed by atoms with E-state index >= 15 is 0 Å². The molecular weight excluding hydrogens is 340 g/mol. The van der Waals surface area contributed by atoms with Crippen LogP contribution in [0, 0.1) is 6.92 Å². The number of carbonyl (C=O) groups excluding carboxylic acids is 1. The van der Waals surface area contributed by atoms with E-state index in [1.54, 1.807) is 10.6 Å². The Morgan fingerprint density at radius 3 is 2.81 bits per heavy atom. The molecule has 1 saturated heterocycles. The maximum Gasteiger partial charge on any atom is 0.332 e. The lowest BCUT2D eigenvalue weighted by Gasteiger charge is -2.11. The van der Waals surface area contributed by atoms with Crippen LogP contribution in [0.15, 0.2) is 15.8 Å². The number of rotatable bonds is 4. The second kappa shape index (κ2) is 5.84. The van der Waals surface area contributed by atoms with Gasteiger partial charge in [0.15, 0.2) is 11.2 Å². The Morgan fingerprint density at radius 2 is 2.15 bits per heavy atom. The van der Waals surface area contributed by atoms with Gasteiger partial charge in [0.05, 0.1) is 12.6 Å². The van der Waals surface area contributed by atoms with E-state index in [2.05, 4.69) is 4.98 Å². The fraction of sp³-hybridized carbons (Fsp3) is 0.500. The number of imidazole rings is 2. The number of nitrogens with two attached hydrogens (primary N) is 1. The van der Waals surface area contributed by atoms with Crippen molar-refractivity contribution < 1.29 is 9.53 Å². The van der Waals surface area contributed by atoms with Crippen LogP contribution in [0.5, 0.6) is 0 Å². The van der Waals surface area contributed by atoms with Crippen molar-refractivity contribution in [2.45, 2.75) is 39.0 Å². The molecule has 0 aliphatic carbocycles. The summed E-state index contributed by atoms with van der Waals surface area (Å²) in [5.74, 6) is -0.187. The normalized spacial score (nSPS) is 17.5. The lowest BCUT2D eigenvalue weighted by molar-refractivity contribution is -0.118. The lowest BCUT2D eigenvalue weighted by atomic mass is 10.2. The van der Waals surface area contributed by atoms with E-state index < -0.39 is 23.7 Å². The molecule has 3 aromatic rings. The van der Waals surface area contributed by atoms with Crippen molar-refractivity contribution in [2.24, 2.45) is 12.8 Å². The Hall–Kier alpha value is -2.88. The third kappa shape index (κ3) is 2.37. The first-order valence-electron chi connectivity index (χ1n) is 8.46. The highest BCUT2D eigenvalue weighted by atomic mass is 16.5. The summed E-state index contributed by atoms with van der Waals surface area (Å²) < 4.78 is 11.5. The van der Waals surface area contributed by atoms with Gasteiger partial charge in [-0.05, 0) is 19.8 Å². The van der Waals surface area contributed by atoms with Crippen LogP contribution in [-0.4, -0.2) is 41.7 Å². The molecule has 1 aliphatic rings. The maximum absolute atomic E-state index is 12.8. The van der Waals surface area contributed by atoms with Crippen LogP contribution in [0.25, 0.3) is 16.9 Å². The smallest absolute Gasteiger partial charge is 0.332 e. The number of aromatic nitrogens is 5. The summed E-state index contributed by atoms with van der Waals surface area (Å²) in [5.41, 5.74) is 5.43. The summed E-state index contributed by atoms with van der Waals surface area (Å²) in [6.45, 7) is 2.85. The first-order valence-corrected chi connectivity index (χ1v) is 8.46. The van der Waals surface area contributed by atoms with Crippen molar-refractivity contribution in [3.8, 4) is 0 Å². The molecule has 2 N–H and O–H groups in total. The zero-order chi connectivity index (χ0) is 18.6. The monoisotopic (exact) mass is 360 g/mol. The van der Waals surface area contributed by atoms with Crippen molar-refractivity contribution in [3.05, 3.63) is 32.7 Å². The molecule has 1 atom stereocenters. The minimum Gasteiger partial charge on any atom is -0.376 e. The molecule has 26 heavy (non-hydrogen) atoms. The Labute approximate surface area is 147 Å². The van der Waals surface area contributed by atoms with Gasteiger partial charge in [-0.1, -0.05) is 0 Å². The summed E-state index contributed by atoms with van der Waals surface area (Å²) in [4.78, 5) is 41.0. The first kappa shape index (κ1) is 16.6. The standard InChI is InChI=1S/C16H20N6O4/c1-9-6-21-12-13(18-15(21)20(9)7-10-4-3-5-26-10)19(2)16(25)22(14(12)24)8-11(17)23/h6,10H,3-5,7-8H2,1-2H3,(H2,17,23). The van der Waals surface area contributed by atoms with E-state index in [1.165, 1.54) is 11.6 Å². The second-order valence-electron chi connectivity index (χ2n) is 6.67. The largest absolute Gasteiger partial charge is 0.376 e. The molecule has 4 heterocycles. The van der Waals surface area contributed by atoms with E-state index in [9.17, 15) is 14.4 Å². The van der Waals surface area contributed by atoms with Crippen LogP contribution < -0.4 is 17.0 Å². The Kier molecular flexibility index (Phi) is 3.72. The zero-order valence-electron chi connectivity index (χ0n) is 14.6. The third-order valence-electron chi connectivity index (χ3n) is 4.86. The number of amides is 1. The van der Waals surface area contributed by atoms with E-state index in [4.69, 9.17) is 10.5 Å². The van der Waals surface area contributed by atoms with Gasteiger partial charge in [0.25, 0.3) is 5.56 Å². The highest BCUT2D eigenvalue weighted by molar-refractivity contribution is 5.77. The lowest BCUT2D eigenvalue weighted by Crippen LogP contribution is -2.42. The Balaban J connectivity index is 1.98. The number of hydrogen-bond donors (Lipinski definition) is 1. The average molecular weight is 360 g/mol. The molecule has 1 fully saturated rings. The minimum atomic E-state index is -0.753. The van der Waals surface area contributed by atoms with Crippen LogP contribution in [0.1, 0.15) is 18.5 Å². The third-order valence-corrected chi connectivity index (χ3v) is 4.86. The number of primary amides is 1. The van der Waals surface area contributed by atoms with Crippen molar-refractivity contribution in [1.29, 1.82) is 0 Å². The quantitative estimate of drug-likeness (QED) is 0.648. The summed E-state index contributed by atoms with van der Waals surface area (Å²) in [7, 11) is 1.52. The van der Waals surface area contributed by atoms with Gasteiger partial charge >= 0.3 is 5.69 Å². The van der Waals surface area contributed by atoms with Gasteiger partial charge in [-0.3, -0.25) is 18.6 Å². The van der Waals surface area contributed by atoms with Crippen LogP contribution in [0.2, 0.25) is 0 Å². The Morgan fingerprint density at radius 1 is 1.38 bits per heavy atom. The van der Waals surface area contributed by atoms with Crippen LogP contribution in [0.3, 0.4) is 0 Å². The molecule has 4 rings (SSSR count). The number of nitrogens with zero attached hydrogens (tertiary/aromatic N) is 5.